The van der Waals surface area contributed by atoms with Gasteiger partial charge in [-0.1, -0.05) is 6.07 Å². The van der Waals surface area contributed by atoms with Crippen molar-refractivity contribution >= 4 is 5.82 Å². The molecular formula is C10H11F3N2O. The molecule has 0 unspecified atom stereocenters. The van der Waals surface area contributed by atoms with Crippen molar-refractivity contribution in [2.24, 2.45) is 0 Å². The van der Waals surface area contributed by atoms with Crippen LogP contribution in [-0.2, 0) is 6.18 Å². The molecule has 0 bridgehead atoms. The highest BCUT2D eigenvalue weighted by Gasteiger charge is 2.42. The zero-order chi connectivity index (χ0) is 11.8. The topological polar surface area (TPSA) is 45.1 Å². The lowest BCUT2D eigenvalue weighted by Crippen LogP contribution is -2.26. The van der Waals surface area contributed by atoms with Crippen LogP contribution in [0.5, 0.6) is 0 Å². The predicted octanol–water partition coefficient (Wildman–Crippen LogP) is 2.04. The molecule has 0 atom stereocenters. The molecule has 3 nitrogen and oxygen atoms in total. The SMILES string of the molecule is OCC1(Nc2cccc(C(F)(F)F)n2)CC1. The number of aromatic nitrogens is 1. The fourth-order valence-electron chi connectivity index (χ4n) is 1.41. The number of aliphatic hydroxyl groups excluding tert-OH is 1. The largest absolute Gasteiger partial charge is 0.433 e. The monoisotopic (exact) mass is 232 g/mol. The minimum absolute atomic E-state index is 0.0923. The predicted molar refractivity (Wildman–Crippen MR) is 51.9 cm³/mol. The number of halogens is 3. The molecule has 0 radical (unpaired) electrons. The van der Waals surface area contributed by atoms with Crippen LogP contribution < -0.4 is 5.32 Å². The lowest BCUT2D eigenvalue weighted by molar-refractivity contribution is -0.141. The van der Waals surface area contributed by atoms with Crippen LogP contribution in [0.3, 0.4) is 0 Å². The number of nitrogens with zero attached hydrogens (tertiary/aromatic N) is 1. The molecule has 0 saturated heterocycles. The Bertz CT molecular complexity index is 388. The van der Waals surface area contributed by atoms with Crippen molar-refractivity contribution in [1.82, 2.24) is 4.98 Å². The van der Waals surface area contributed by atoms with Crippen LogP contribution in [0.25, 0.3) is 0 Å². The number of hydrogen-bond donors (Lipinski definition) is 2. The van der Waals surface area contributed by atoms with Crippen LogP contribution >= 0.6 is 0 Å². The maximum Gasteiger partial charge on any atom is 0.433 e. The normalized spacial score (nSPS) is 18.2. The molecule has 1 aromatic rings. The van der Waals surface area contributed by atoms with Gasteiger partial charge in [0.1, 0.15) is 11.5 Å². The highest BCUT2D eigenvalue weighted by atomic mass is 19.4. The lowest BCUT2D eigenvalue weighted by atomic mass is 10.3. The van der Waals surface area contributed by atoms with E-state index in [4.69, 9.17) is 5.11 Å². The molecule has 2 N–H and O–H groups in total. The van der Waals surface area contributed by atoms with E-state index in [1.165, 1.54) is 12.1 Å². The first kappa shape index (κ1) is 11.2. The minimum atomic E-state index is -4.44. The molecule has 0 amide bonds. The van der Waals surface area contributed by atoms with E-state index < -0.39 is 17.4 Å². The molecule has 88 valence electrons. The van der Waals surface area contributed by atoms with Crippen LogP contribution in [0.1, 0.15) is 18.5 Å². The molecule has 1 aliphatic carbocycles. The third-order valence-corrected chi connectivity index (χ3v) is 2.59. The van der Waals surface area contributed by atoms with E-state index in [0.29, 0.717) is 0 Å². The summed E-state index contributed by atoms with van der Waals surface area (Å²) in [5, 5.41) is 11.9. The first-order chi connectivity index (χ1) is 7.45. The molecule has 1 fully saturated rings. The number of alkyl halides is 3. The molecule has 0 aliphatic heterocycles. The zero-order valence-electron chi connectivity index (χ0n) is 8.38. The number of aliphatic hydroxyl groups is 1. The quantitative estimate of drug-likeness (QED) is 0.838. The number of anilines is 1. The second kappa shape index (κ2) is 3.62. The molecule has 0 spiro atoms. The van der Waals surface area contributed by atoms with E-state index in [1.54, 1.807) is 0 Å². The van der Waals surface area contributed by atoms with Crippen LogP contribution in [0, 0.1) is 0 Å². The summed E-state index contributed by atoms with van der Waals surface area (Å²) in [5.41, 5.74) is -1.39. The Kier molecular flexibility index (Phi) is 2.53. The average molecular weight is 232 g/mol. The average Bonchev–Trinajstić information content (AvgIpc) is 2.98. The van der Waals surface area contributed by atoms with Gasteiger partial charge >= 0.3 is 6.18 Å². The van der Waals surface area contributed by atoms with Gasteiger partial charge in [-0.2, -0.15) is 13.2 Å². The smallest absolute Gasteiger partial charge is 0.394 e. The van der Waals surface area contributed by atoms with Crippen molar-refractivity contribution in [2.45, 2.75) is 24.6 Å². The van der Waals surface area contributed by atoms with E-state index >= 15 is 0 Å². The first-order valence-electron chi connectivity index (χ1n) is 4.89. The van der Waals surface area contributed by atoms with Crippen molar-refractivity contribution in [3.05, 3.63) is 23.9 Å². The standard InChI is InChI=1S/C10H11F3N2O/c11-10(12,13)7-2-1-3-8(14-7)15-9(6-16)4-5-9/h1-3,16H,4-6H2,(H,14,15). The highest BCUT2D eigenvalue weighted by Crippen LogP contribution is 2.38. The fourth-order valence-corrected chi connectivity index (χ4v) is 1.41. The maximum absolute atomic E-state index is 12.4. The molecule has 1 aromatic heterocycles. The van der Waals surface area contributed by atoms with Crippen LogP contribution in [0.4, 0.5) is 19.0 Å². The number of pyridine rings is 1. The van der Waals surface area contributed by atoms with Gasteiger partial charge in [-0.15, -0.1) is 0 Å². The molecule has 1 aliphatic rings. The third kappa shape index (κ3) is 2.27. The molecular weight excluding hydrogens is 221 g/mol. The van der Waals surface area contributed by atoms with Gasteiger partial charge in [0.25, 0.3) is 0 Å². The molecule has 16 heavy (non-hydrogen) atoms. The maximum atomic E-state index is 12.4. The summed E-state index contributed by atoms with van der Waals surface area (Å²) in [6, 6.07) is 3.68. The second-order valence-electron chi connectivity index (χ2n) is 3.97. The van der Waals surface area contributed by atoms with Gasteiger partial charge in [-0.3, -0.25) is 0 Å². The molecule has 6 heteroatoms. The Morgan fingerprint density at radius 2 is 2.06 bits per heavy atom. The Morgan fingerprint density at radius 1 is 1.38 bits per heavy atom. The number of rotatable bonds is 3. The molecule has 1 saturated carbocycles. The van der Waals surface area contributed by atoms with E-state index in [0.717, 1.165) is 18.9 Å². The van der Waals surface area contributed by atoms with E-state index in [2.05, 4.69) is 10.3 Å². The van der Waals surface area contributed by atoms with Gasteiger partial charge in [-0.25, -0.2) is 4.98 Å². The Hall–Kier alpha value is -1.30. The second-order valence-corrected chi connectivity index (χ2v) is 3.97. The summed E-state index contributed by atoms with van der Waals surface area (Å²) < 4.78 is 37.1. The number of hydrogen-bond acceptors (Lipinski definition) is 3. The van der Waals surface area contributed by atoms with Gasteiger partial charge in [0.05, 0.1) is 12.1 Å². The first-order valence-corrected chi connectivity index (χ1v) is 4.89. The van der Waals surface area contributed by atoms with E-state index in [-0.39, 0.29) is 12.4 Å². The van der Waals surface area contributed by atoms with Crippen LogP contribution in [0.2, 0.25) is 0 Å². The van der Waals surface area contributed by atoms with Gasteiger partial charge in [0.2, 0.25) is 0 Å². The Balaban J connectivity index is 2.17. The van der Waals surface area contributed by atoms with Crippen LogP contribution in [0.15, 0.2) is 18.2 Å². The van der Waals surface area contributed by atoms with Crippen LogP contribution in [-0.4, -0.2) is 22.2 Å². The fraction of sp³-hybridized carbons (Fsp3) is 0.500. The lowest BCUT2D eigenvalue weighted by Gasteiger charge is -2.16. The van der Waals surface area contributed by atoms with Gasteiger partial charge in [0.15, 0.2) is 0 Å². The summed E-state index contributed by atoms with van der Waals surface area (Å²) in [7, 11) is 0. The Labute approximate surface area is 90.3 Å². The van der Waals surface area contributed by atoms with Crippen molar-refractivity contribution in [1.29, 1.82) is 0 Å². The molecule has 0 aromatic carbocycles. The summed E-state index contributed by atoms with van der Waals surface area (Å²) >= 11 is 0. The third-order valence-electron chi connectivity index (χ3n) is 2.59. The van der Waals surface area contributed by atoms with E-state index in [1.807, 2.05) is 0 Å². The summed E-state index contributed by atoms with van der Waals surface area (Å²) in [6.45, 7) is -0.0923. The van der Waals surface area contributed by atoms with Crippen molar-refractivity contribution in [2.75, 3.05) is 11.9 Å². The highest BCUT2D eigenvalue weighted by molar-refractivity contribution is 5.41. The summed E-state index contributed by atoms with van der Waals surface area (Å²) in [5.74, 6) is 0.154. The van der Waals surface area contributed by atoms with Crippen molar-refractivity contribution in [3.8, 4) is 0 Å². The van der Waals surface area contributed by atoms with E-state index in [9.17, 15) is 13.2 Å². The van der Waals surface area contributed by atoms with Gasteiger partial charge in [0, 0.05) is 0 Å². The van der Waals surface area contributed by atoms with Gasteiger partial charge < -0.3 is 10.4 Å². The van der Waals surface area contributed by atoms with Gasteiger partial charge in [-0.05, 0) is 25.0 Å². The summed E-state index contributed by atoms with van der Waals surface area (Å²) in [4.78, 5) is 3.47. The molecule has 2 rings (SSSR count). The summed E-state index contributed by atoms with van der Waals surface area (Å²) in [6.07, 6.45) is -2.93. The Morgan fingerprint density at radius 3 is 2.56 bits per heavy atom. The zero-order valence-corrected chi connectivity index (χ0v) is 8.38. The minimum Gasteiger partial charge on any atom is -0.394 e. The number of nitrogens with one attached hydrogen (secondary N) is 1. The van der Waals surface area contributed by atoms with Crippen molar-refractivity contribution in [3.63, 3.8) is 0 Å². The van der Waals surface area contributed by atoms with Crippen molar-refractivity contribution < 1.29 is 18.3 Å². The molecule has 1 heterocycles.